The average Bonchev–Trinajstić information content (AvgIpc) is 2.38. The molecule has 0 aliphatic carbocycles. The molecular formula is C15H24O5S. The van der Waals surface area contributed by atoms with E-state index in [0.29, 0.717) is 12.2 Å². The molecule has 120 valence electrons. The van der Waals surface area contributed by atoms with Crippen LogP contribution in [0.4, 0.5) is 0 Å². The third-order valence-electron chi connectivity index (χ3n) is 2.70. The van der Waals surface area contributed by atoms with Crippen molar-refractivity contribution in [2.24, 2.45) is 0 Å². The summed E-state index contributed by atoms with van der Waals surface area (Å²) in [7, 11) is -3.69. The Morgan fingerprint density at radius 2 is 1.76 bits per heavy atom. The van der Waals surface area contributed by atoms with Crippen LogP contribution >= 0.6 is 0 Å². The van der Waals surface area contributed by atoms with Crippen LogP contribution < -0.4 is 0 Å². The third kappa shape index (κ3) is 8.16. The van der Waals surface area contributed by atoms with Gasteiger partial charge in [-0.1, -0.05) is 43.7 Å². The topological polar surface area (TPSA) is 61.8 Å². The highest BCUT2D eigenvalue weighted by Crippen LogP contribution is 2.11. The van der Waals surface area contributed by atoms with Gasteiger partial charge in [0.1, 0.15) is 5.75 Å². The van der Waals surface area contributed by atoms with Gasteiger partial charge in [0.2, 0.25) is 0 Å². The maximum atomic E-state index is 11.9. The molecule has 5 nitrogen and oxygen atoms in total. The fourth-order valence-corrected chi connectivity index (χ4v) is 2.87. The summed E-state index contributed by atoms with van der Waals surface area (Å²) in [6.07, 6.45) is 0.591. The zero-order chi connectivity index (χ0) is 15.7. The number of unbranched alkanes of at least 4 members (excludes halogenated alkanes) is 1. The lowest BCUT2D eigenvalue weighted by molar-refractivity contribution is -0.202. The molecule has 0 saturated carbocycles. The monoisotopic (exact) mass is 316 g/mol. The molecule has 1 aromatic carbocycles. The van der Waals surface area contributed by atoms with E-state index in [1.807, 2.05) is 6.07 Å². The zero-order valence-electron chi connectivity index (χ0n) is 12.8. The Labute approximate surface area is 127 Å². The molecule has 0 bridgehead atoms. The maximum absolute atomic E-state index is 11.9. The van der Waals surface area contributed by atoms with Crippen LogP contribution in [0.1, 0.15) is 39.2 Å². The molecule has 0 spiro atoms. The van der Waals surface area contributed by atoms with Crippen molar-refractivity contribution in [1.29, 1.82) is 0 Å². The number of hydrogen-bond donors (Lipinski definition) is 0. The van der Waals surface area contributed by atoms with E-state index >= 15 is 0 Å². The molecule has 0 aliphatic heterocycles. The molecule has 0 aromatic heterocycles. The van der Waals surface area contributed by atoms with E-state index in [1.54, 1.807) is 38.1 Å². The summed E-state index contributed by atoms with van der Waals surface area (Å²) >= 11 is 0. The lowest BCUT2D eigenvalue weighted by atomic mass is 10.2. The normalized spacial score (nSPS) is 14.8. The molecule has 0 heterocycles. The van der Waals surface area contributed by atoms with Gasteiger partial charge < -0.3 is 9.47 Å². The Bertz CT molecular complexity index is 486. The summed E-state index contributed by atoms with van der Waals surface area (Å²) in [6, 6.07) is 8.88. The Kier molecular flexibility index (Phi) is 7.88. The summed E-state index contributed by atoms with van der Waals surface area (Å²) in [6.45, 7) is 5.92. The second-order valence-electron chi connectivity index (χ2n) is 4.78. The first-order valence-electron chi connectivity index (χ1n) is 7.15. The van der Waals surface area contributed by atoms with Crippen molar-refractivity contribution in [3.63, 3.8) is 0 Å². The van der Waals surface area contributed by atoms with Gasteiger partial charge in [0.05, 0.1) is 0 Å². The van der Waals surface area contributed by atoms with Crippen molar-refractivity contribution in [2.45, 2.75) is 51.9 Å². The Hall–Kier alpha value is -0.950. The molecule has 6 heteroatoms. The molecule has 1 rings (SSSR count). The Balaban J connectivity index is 2.40. The van der Waals surface area contributed by atoms with Crippen molar-refractivity contribution in [3.8, 4) is 0 Å². The molecule has 21 heavy (non-hydrogen) atoms. The van der Waals surface area contributed by atoms with E-state index < -0.39 is 22.7 Å². The second kappa shape index (κ2) is 9.15. The predicted molar refractivity (Wildman–Crippen MR) is 81.0 cm³/mol. The van der Waals surface area contributed by atoms with Crippen molar-refractivity contribution >= 4 is 10.1 Å². The highest BCUT2D eigenvalue weighted by atomic mass is 32.2. The van der Waals surface area contributed by atoms with Gasteiger partial charge in [0.25, 0.3) is 10.1 Å². The van der Waals surface area contributed by atoms with E-state index in [4.69, 9.17) is 13.7 Å². The van der Waals surface area contributed by atoms with E-state index in [-0.39, 0.29) is 5.75 Å². The minimum absolute atomic E-state index is 0.174. The molecule has 1 aromatic rings. The quantitative estimate of drug-likeness (QED) is 0.377. The highest BCUT2D eigenvalue weighted by molar-refractivity contribution is 7.85. The lowest BCUT2D eigenvalue weighted by Crippen LogP contribution is -2.25. The van der Waals surface area contributed by atoms with E-state index in [0.717, 1.165) is 12.8 Å². The first-order valence-corrected chi connectivity index (χ1v) is 8.72. The molecule has 0 aliphatic rings. The van der Waals surface area contributed by atoms with Crippen LogP contribution in [0.3, 0.4) is 0 Å². The van der Waals surface area contributed by atoms with Gasteiger partial charge >= 0.3 is 0 Å². The third-order valence-corrected chi connectivity index (χ3v) is 3.95. The lowest BCUT2D eigenvalue weighted by Gasteiger charge is -2.19. The van der Waals surface area contributed by atoms with E-state index in [1.165, 1.54) is 0 Å². The zero-order valence-corrected chi connectivity index (χ0v) is 13.6. The van der Waals surface area contributed by atoms with Crippen LogP contribution in [0.25, 0.3) is 0 Å². The minimum Gasteiger partial charge on any atom is -0.353 e. The van der Waals surface area contributed by atoms with Crippen molar-refractivity contribution in [1.82, 2.24) is 0 Å². The van der Waals surface area contributed by atoms with E-state index in [2.05, 4.69) is 6.92 Å². The van der Waals surface area contributed by atoms with Crippen LogP contribution in [0, 0.1) is 0 Å². The number of ether oxygens (including phenoxy) is 2. The van der Waals surface area contributed by atoms with Crippen molar-refractivity contribution in [2.75, 3.05) is 6.61 Å². The van der Waals surface area contributed by atoms with Crippen molar-refractivity contribution in [3.05, 3.63) is 35.9 Å². The SMILES string of the molecule is CCCCOC(C)OC(C)OS(=O)(=O)Cc1ccccc1. The maximum Gasteiger partial charge on any atom is 0.274 e. The fraction of sp³-hybridized carbons (Fsp3) is 0.600. The second-order valence-corrected chi connectivity index (χ2v) is 6.38. The largest absolute Gasteiger partial charge is 0.353 e. The van der Waals surface area contributed by atoms with Crippen LogP contribution in [0.15, 0.2) is 30.3 Å². The average molecular weight is 316 g/mol. The Morgan fingerprint density at radius 1 is 1.10 bits per heavy atom. The van der Waals surface area contributed by atoms with E-state index in [9.17, 15) is 8.42 Å². The summed E-state index contributed by atoms with van der Waals surface area (Å²) in [5.41, 5.74) is 0.678. The van der Waals surface area contributed by atoms with Crippen LogP contribution in [0.5, 0.6) is 0 Å². The van der Waals surface area contributed by atoms with Gasteiger partial charge in [0.15, 0.2) is 12.6 Å². The van der Waals surface area contributed by atoms with Crippen LogP contribution in [-0.4, -0.2) is 27.6 Å². The fourth-order valence-electron chi connectivity index (χ4n) is 1.74. The van der Waals surface area contributed by atoms with Crippen LogP contribution in [0.2, 0.25) is 0 Å². The summed E-state index contributed by atoms with van der Waals surface area (Å²) in [4.78, 5) is 0. The van der Waals surface area contributed by atoms with Gasteiger partial charge in [-0.3, -0.25) is 0 Å². The predicted octanol–water partition coefficient (Wildman–Crippen LogP) is 3.06. The number of rotatable bonds is 10. The standard InChI is InChI=1S/C15H24O5S/c1-4-5-11-18-13(2)19-14(3)20-21(16,17)12-15-9-7-6-8-10-15/h6-10,13-14H,4-5,11-12H2,1-3H3. The van der Waals surface area contributed by atoms with Crippen molar-refractivity contribution < 1.29 is 22.1 Å². The summed E-state index contributed by atoms with van der Waals surface area (Å²) in [5, 5.41) is 0. The van der Waals surface area contributed by atoms with Gasteiger partial charge in [-0.25, -0.2) is 4.18 Å². The van der Waals surface area contributed by atoms with Gasteiger partial charge in [-0.05, 0) is 25.8 Å². The van der Waals surface area contributed by atoms with Crippen LogP contribution in [-0.2, 0) is 29.5 Å². The number of hydrogen-bond acceptors (Lipinski definition) is 5. The first-order chi connectivity index (χ1) is 9.93. The highest BCUT2D eigenvalue weighted by Gasteiger charge is 2.19. The number of benzene rings is 1. The molecule has 2 atom stereocenters. The summed E-state index contributed by atoms with van der Waals surface area (Å²) in [5.74, 6) is -0.174. The van der Waals surface area contributed by atoms with Gasteiger partial charge in [-0.15, -0.1) is 0 Å². The van der Waals surface area contributed by atoms with Gasteiger partial charge in [0, 0.05) is 6.61 Å². The van der Waals surface area contributed by atoms with Gasteiger partial charge in [-0.2, -0.15) is 8.42 Å². The molecule has 0 saturated heterocycles. The molecule has 0 fully saturated rings. The molecule has 0 N–H and O–H groups in total. The summed E-state index contributed by atoms with van der Waals surface area (Å²) < 4.78 is 39.5. The molecular weight excluding hydrogens is 292 g/mol. The minimum atomic E-state index is -3.69. The molecule has 0 radical (unpaired) electrons. The smallest absolute Gasteiger partial charge is 0.274 e. The molecule has 0 amide bonds. The Morgan fingerprint density at radius 3 is 2.38 bits per heavy atom. The first kappa shape index (κ1) is 18.1. The molecule has 2 unspecified atom stereocenters.